The van der Waals surface area contributed by atoms with Gasteiger partial charge in [0.05, 0.1) is 18.1 Å². The van der Waals surface area contributed by atoms with Crippen LogP contribution in [-0.4, -0.2) is 25.1 Å². The van der Waals surface area contributed by atoms with Crippen LogP contribution in [0.4, 0.5) is 0 Å². The summed E-state index contributed by atoms with van der Waals surface area (Å²) in [5, 5.41) is 8.18. The highest BCUT2D eigenvalue weighted by atomic mass is 16.4. The molecule has 0 N–H and O–H groups in total. The summed E-state index contributed by atoms with van der Waals surface area (Å²) in [6.45, 7) is 2.07. The molecule has 0 fully saturated rings. The third-order valence-corrected chi connectivity index (χ3v) is 3.78. The van der Waals surface area contributed by atoms with Crippen LogP contribution in [0.1, 0.15) is 12.6 Å². The molecule has 0 aliphatic heterocycles. The van der Waals surface area contributed by atoms with Gasteiger partial charge in [0.1, 0.15) is 5.69 Å². The van der Waals surface area contributed by atoms with Gasteiger partial charge >= 0.3 is 0 Å². The molecular formula is C19H15N5O. The third-order valence-electron chi connectivity index (χ3n) is 3.78. The lowest BCUT2D eigenvalue weighted by Crippen LogP contribution is -1.92. The van der Waals surface area contributed by atoms with E-state index in [4.69, 9.17) is 4.42 Å². The van der Waals surface area contributed by atoms with Gasteiger partial charge in [-0.15, -0.1) is 10.2 Å². The van der Waals surface area contributed by atoms with Crippen LogP contribution in [0.25, 0.3) is 34.3 Å². The van der Waals surface area contributed by atoms with Crippen LogP contribution in [0.3, 0.4) is 0 Å². The fourth-order valence-corrected chi connectivity index (χ4v) is 2.42. The molecule has 0 spiro atoms. The van der Waals surface area contributed by atoms with E-state index in [1.807, 2.05) is 42.5 Å². The average Bonchev–Trinajstić information content (AvgIpc) is 3.19. The molecule has 122 valence electrons. The summed E-state index contributed by atoms with van der Waals surface area (Å²) in [6.07, 6.45) is 6.01. The lowest BCUT2D eigenvalue weighted by molar-refractivity contribution is 0.582. The summed E-state index contributed by atoms with van der Waals surface area (Å²) < 4.78 is 5.74. The lowest BCUT2D eigenvalue weighted by atomic mass is 10.2. The van der Waals surface area contributed by atoms with Gasteiger partial charge in [0.15, 0.2) is 0 Å². The molecule has 0 bridgehead atoms. The number of aromatic nitrogens is 5. The number of rotatable bonds is 4. The van der Waals surface area contributed by atoms with Gasteiger partial charge in [0.25, 0.3) is 5.89 Å². The second-order valence-corrected chi connectivity index (χ2v) is 5.46. The fourth-order valence-electron chi connectivity index (χ4n) is 2.42. The zero-order valence-corrected chi connectivity index (χ0v) is 13.6. The zero-order chi connectivity index (χ0) is 17.1. The molecule has 6 heteroatoms. The molecule has 0 aliphatic carbocycles. The molecule has 0 atom stereocenters. The number of benzene rings is 1. The highest BCUT2D eigenvalue weighted by Crippen LogP contribution is 2.24. The average molecular weight is 329 g/mol. The first-order chi connectivity index (χ1) is 12.3. The van der Waals surface area contributed by atoms with E-state index in [9.17, 15) is 0 Å². The molecule has 0 saturated heterocycles. The Morgan fingerprint density at radius 3 is 2.36 bits per heavy atom. The minimum atomic E-state index is 0.339. The summed E-state index contributed by atoms with van der Waals surface area (Å²) in [6, 6.07) is 13.6. The predicted octanol–water partition coefficient (Wildman–Crippen LogP) is 3.82. The lowest BCUT2D eigenvalue weighted by Gasteiger charge is -2.02. The standard InChI is InChI=1S/C19H15N5O/c1-2-15-9-8-14(10-21-15)16-11-20-12-17(22-16)19-24-23-18(25-19)13-6-4-3-5-7-13/h3-12H,2H2,1H3. The van der Waals surface area contributed by atoms with Crippen LogP contribution < -0.4 is 0 Å². The van der Waals surface area contributed by atoms with Crippen LogP contribution in [-0.2, 0) is 6.42 Å². The molecule has 0 aliphatic rings. The Bertz CT molecular complexity index is 980. The van der Waals surface area contributed by atoms with Gasteiger partial charge < -0.3 is 4.42 Å². The Balaban J connectivity index is 1.66. The second kappa shape index (κ2) is 6.60. The van der Waals surface area contributed by atoms with Crippen LogP contribution >= 0.6 is 0 Å². The van der Waals surface area contributed by atoms with Crippen molar-refractivity contribution in [3.8, 4) is 34.3 Å². The van der Waals surface area contributed by atoms with Gasteiger partial charge in [-0.1, -0.05) is 25.1 Å². The molecule has 4 aromatic rings. The Kier molecular flexibility index (Phi) is 4.00. The monoisotopic (exact) mass is 329 g/mol. The van der Waals surface area contributed by atoms with Crippen molar-refractivity contribution >= 4 is 0 Å². The molecular weight excluding hydrogens is 314 g/mol. The van der Waals surface area contributed by atoms with E-state index < -0.39 is 0 Å². The Hall–Kier alpha value is -3.41. The molecule has 0 amide bonds. The molecule has 0 saturated carbocycles. The summed E-state index contributed by atoms with van der Waals surface area (Å²) in [4.78, 5) is 13.2. The van der Waals surface area contributed by atoms with E-state index in [0.29, 0.717) is 23.2 Å². The van der Waals surface area contributed by atoms with Crippen molar-refractivity contribution in [1.82, 2.24) is 25.1 Å². The van der Waals surface area contributed by atoms with E-state index >= 15 is 0 Å². The van der Waals surface area contributed by atoms with E-state index in [-0.39, 0.29) is 0 Å². The van der Waals surface area contributed by atoms with E-state index in [1.165, 1.54) is 0 Å². The first-order valence-electron chi connectivity index (χ1n) is 8.00. The molecule has 1 aromatic carbocycles. The number of hydrogen-bond acceptors (Lipinski definition) is 6. The van der Waals surface area contributed by atoms with Crippen molar-refractivity contribution in [2.75, 3.05) is 0 Å². The molecule has 4 rings (SSSR count). The van der Waals surface area contributed by atoms with Gasteiger partial charge in [-0.25, -0.2) is 4.98 Å². The Morgan fingerprint density at radius 1 is 0.800 bits per heavy atom. The van der Waals surface area contributed by atoms with Crippen LogP contribution in [0.15, 0.2) is 65.5 Å². The molecule has 6 nitrogen and oxygen atoms in total. The van der Waals surface area contributed by atoms with Crippen LogP contribution in [0.2, 0.25) is 0 Å². The maximum absolute atomic E-state index is 5.74. The van der Waals surface area contributed by atoms with Crippen molar-refractivity contribution < 1.29 is 4.42 Å². The van der Waals surface area contributed by atoms with Gasteiger partial charge in [-0.2, -0.15) is 0 Å². The van der Waals surface area contributed by atoms with Gasteiger partial charge in [-0.3, -0.25) is 9.97 Å². The van der Waals surface area contributed by atoms with Gasteiger partial charge in [-0.05, 0) is 30.7 Å². The second-order valence-electron chi connectivity index (χ2n) is 5.46. The smallest absolute Gasteiger partial charge is 0.268 e. The Morgan fingerprint density at radius 2 is 1.60 bits per heavy atom. The fraction of sp³-hybridized carbons (Fsp3) is 0.105. The molecule has 0 unspecified atom stereocenters. The summed E-state index contributed by atoms with van der Waals surface area (Å²) in [7, 11) is 0. The minimum absolute atomic E-state index is 0.339. The van der Waals surface area contributed by atoms with E-state index in [1.54, 1.807) is 18.6 Å². The highest BCUT2D eigenvalue weighted by molar-refractivity contribution is 5.61. The van der Waals surface area contributed by atoms with E-state index in [0.717, 1.165) is 23.2 Å². The number of hydrogen-bond donors (Lipinski definition) is 0. The van der Waals surface area contributed by atoms with Crippen molar-refractivity contribution in [2.45, 2.75) is 13.3 Å². The molecule has 3 aromatic heterocycles. The summed E-state index contributed by atoms with van der Waals surface area (Å²) in [5.41, 5.74) is 4.05. The number of nitrogens with zero attached hydrogens (tertiary/aromatic N) is 5. The number of aryl methyl sites for hydroxylation is 1. The van der Waals surface area contributed by atoms with Crippen molar-refractivity contribution in [2.24, 2.45) is 0 Å². The first-order valence-corrected chi connectivity index (χ1v) is 8.00. The zero-order valence-electron chi connectivity index (χ0n) is 13.6. The third kappa shape index (κ3) is 3.14. The summed E-state index contributed by atoms with van der Waals surface area (Å²) in [5.74, 6) is 0.795. The quantitative estimate of drug-likeness (QED) is 0.566. The maximum Gasteiger partial charge on any atom is 0.268 e. The van der Waals surface area contributed by atoms with Crippen molar-refractivity contribution in [3.05, 3.63) is 66.7 Å². The predicted molar refractivity (Wildman–Crippen MR) is 93.4 cm³/mol. The normalized spacial score (nSPS) is 10.8. The van der Waals surface area contributed by atoms with Crippen LogP contribution in [0, 0.1) is 0 Å². The number of pyridine rings is 1. The largest absolute Gasteiger partial charge is 0.415 e. The van der Waals surface area contributed by atoms with Crippen molar-refractivity contribution in [3.63, 3.8) is 0 Å². The van der Waals surface area contributed by atoms with Gasteiger partial charge in [0, 0.05) is 23.0 Å². The molecule has 3 heterocycles. The molecule has 0 radical (unpaired) electrons. The topological polar surface area (TPSA) is 77.6 Å². The maximum atomic E-state index is 5.74. The Labute approximate surface area is 144 Å². The summed E-state index contributed by atoms with van der Waals surface area (Å²) >= 11 is 0. The van der Waals surface area contributed by atoms with E-state index in [2.05, 4.69) is 32.1 Å². The molecule has 25 heavy (non-hydrogen) atoms. The SMILES string of the molecule is CCc1ccc(-c2cncc(-c3nnc(-c4ccccc4)o3)n2)cn1. The van der Waals surface area contributed by atoms with Gasteiger partial charge in [0.2, 0.25) is 5.89 Å². The van der Waals surface area contributed by atoms with Crippen molar-refractivity contribution in [1.29, 1.82) is 0 Å². The first kappa shape index (κ1) is 15.1. The minimum Gasteiger partial charge on any atom is -0.415 e. The van der Waals surface area contributed by atoms with Crippen LogP contribution in [0.5, 0.6) is 0 Å². The highest BCUT2D eigenvalue weighted by Gasteiger charge is 2.13.